The number of nitrogens with one attached hydrogen (secondary N) is 2. The van der Waals surface area contributed by atoms with Gasteiger partial charge in [-0.15, -0.1) is 0 Å². The molecule has 0 unspecified atom stereocenters. The summed E-state index contributed by atoms with van der Waals surface area (Å²) in [7, 11) is 0. The van der Waals surface area contributed by atoms with Crippen LogP contribution in [-0.2, 0) is 11.3 Å². The second kappa shape index (κ2) is 9.83. The molecular formula is C22H18Cl2N2O2S. The maximum absolute atomic E-state index is 12.6. The fourth-order valence-corrected chi connectivity index (χ4v) is 3.81. The minimum absolute atomic E-state index is 0.211. The summed E-state index contributed by atoms with van der Waals surface area (Å²) >= 11 is 13.5. The van der Waals surface area contributed by atoms with E-state index < -0.39 is 0 Å². The van der Waals surface area contributed by atoms with Gasteiger partial charge in [0, 0.05) is 38.9 Å². The van der Waals surface area contributed by atoms with Gasteiger partial charge in [0.05, 0.1) is 5.69 Å². The Bertz CT molecular complexity index is 1040. The normalized spacial score (nSPS) is 10.4. The summed E-state index contributed by atoms with van der Waals surface area (Å²) in [6.45, 7) is 1.75. The molecule has 2 amide bonds. The molecule has 0 heterocycles. The van der Waals surface area contributed by atoms with Gasteiger partial charge in [-0.1, -0.05) is 53.2 Å². The highest BCUT2D eigenvalue weighted by Gasteiger charge is 2.12. The van der Waals surface area contributed by atoms with E-state index in [1.807, 2.05) is 36.4 Å². The monoisotopic (exact) mass is 444 g/mol. The standard InChI is InChI=1S/C22H18Cl2N2O2S/c1-14(27)26-20-12-15(22(28)25-13-16-4-2-3-5-19(16)24)6-11-21(20)29-18-9-7-17(23)8-10-18/h2-12H,13H2,1H3,(H,25,28)(H,26,27). The molecule has 0 atom stereocenters. The molecule has 3 aromatic rings. The lowest BCUT2D eigenvalue weighted by atomic mass is 10.1. The van der Waals surface area contributed by atoms with E-state index in [-0.39, 0.29) is 11.8 Å². The predicted molar refractivity (Wildman–Crippen MR) is 119 cm³/mol. The van der Waals surface area contributed by atoms with Crippen molar-refractivity contribution in [1.82, 2.24) is 5.32 Å². The van der Waals surface area contributed by atoms with Gasteiger partial charge >= 0.3 is 0 Å². The molecule has 4 nitrogen and oxygen atoms in total. The summed E-state index contributed by atoms with van der Waals surface area (Å²) < 4.78 is 0. The lowest BCUT2D eigenvalue weighted by molar-refractivity contribution is -0.114. The van der Waals surface area contributed by atoms with Gasteiger partial charge in [0.2, 0.25) is 5.91 Å². The van der Waals surface area contributed by atoms with E-state index in [1.54, 1.807) is 30.3 Å². The molecule has 3 rings (SSSR count). The Morgan fingerprint density at radius 2 is 1.69 bits per heavy atom. The Hall–Kier alpha value is -2.47. The van der Waals surface area contributed by atoms with Gasteiger partial charge in [0.15, 0.2) is 0 Å². The van der Waals surface area contributed by atoms with Crippen LogP contribution in [0.4, 0.5) is 5.69 Å². The minimum atomic E-state index is -0.250. The number of hydrogen-bond donors (Lipinski definition) is 2. The average Bonchev–Trinajstić information content (AvgIpc) is 2.69. The number of amides is 2. The fraction of sp³-hybridized carbons (Fsp3) is 0.0909. The summed E-state index contributed by atoms with van der Waals surface area (Å²) in [5.41, 5.74) is 1.85. The second-order valence-corrected chi connectivity index (χ2v) is 8.18. The highest BCUT2D eigenvalue weighted by Crippen LogP contribution is 2.34. The molecule has 0 aliphatic carbocycles. The van der Waals surface area contributed by atoms with Crippen LogP contribution in [0, 0.1) is 0 Å². The third-order valence-electron chi connectivity index (χ3n) is 3.99. The van der Waals surface area contributed by atoms with Gasteiger partial charge in [-0.2, -0.15) is 0 Å². The highest BCUT2D eigenvalue weighted by atomic mass is 35.5. The first kappa shape index (κ1) is 21.2. The van der Waals surface area contributed by atoms with Crippen LogP contribution in [0.3, 0.4) is 0 Å². The molecule has 0 bridgehead atoms. The molecule has 0 radical (unpaired) electrons. The summed E-state index contributed by atoms with van der Waals surface area (Å²) in [4.78, 5) is 26.0. The molecule has 0 saturated carbocycles. The first-order valence-electron chi connectivity index (χ1n) is 8.79. The van der Waals surface area contributed by atoms with Gasteiger partial charge in [-0.3, -0.25) is 9.59 Å². The summed E-state index contributed by atoms with van der Waals surface area (Å²) in [5.74, 6) is -0.462. The first-order valence-corrected chi connectivity index (χ1v) is 10.4. The maximum atomic E-state index is 12.6. The van der Waals surface area contributed by atoms with E-state index >= 15 is 0 Å². The predicted octanol–water partition coefficient (Wildman–Crippen LogP) is 6.03. The van der Waals surface area contributed by atoms with Crippen molar-refractivity contribution < 1.29 is 9.59 Å². The molecule has 148 valence electrons. The topological polar surface area (TPSA) is 58.2 Å². The van der Waals surface area contributed by atoms with E-state index in [0.717, 1.165) is 15.4 Å². The Labute approximate surface area is 183 Å². The molecular weight excluding hydrogens is 427 g/mol. The number of anilines is 1. The van der Waals surface area contributed by atoms with Crippen molar-refractivity contribution in [2.45, 2.75) is 23.3 Å². The van der Waals surface area contributed by atoms with Crippen LogP contribution in [0.1, 0.15) is 22.8 Å². The number of rotatable bonds is 6. The third-order valence-corrected chi connectivity index (χ3v) is 5.70. The minimum Gasteiger partial charge on any atom is -0.348 e. The van der Waals surface area contributed by atoms with Crippen LogP contribution in [0.25, 0.3) is 0 Å². The zero-order valence-electron chi connectivity index (χ0n) is 15.5. The Kier molecular flexibility index (Phi) is 7.20. The molecule has 0 saturated heterocycles. The van der Waals surface area contributed by atoms with Crippen molar-refractivity contribution in [3.63, 3.8) is 0 Å². The van der Waals surface area contributed by atoms with Gasteiger partial charge in [0.1, 0.15) is 0 Å². The van der Waals surface area contributed by atoms with E-state index in [1.165, 1.54) is 18.7 Å². The number of hydrogen-bond acceptors (Lipinski definition) is 3. The van der Waals surface area contributed by atoms with Crippen LogP contribution >= 0.6 is 35.0 Å². The molecule has 0 aliphatic rings. The smallest absolute Gasteiger partial charge is 0.251 e. The van der Waals surface area contributed by atoms with Crippen LogP contribution in [-0.4, -0.2) is 11.8 Å². The van der Waals surface area contributed by atoms with Gasteiger partial charge in [-0.05, 0) is 54.1 Å². The number of benzene rings is 3. The third kappa shape index (κ3) is 6.00. The van der Waals surface area contributed by atoms with Crippen LogP contribution in [0.5, 0.6) is 0 Å². The van der Waals surface area contributed by atoms with E-state index in [4.69, 9.17) is 23.2 Å². The number of halogens is 2. The lowest BCUT2D eigenvalue weighted by Crippen LogP contribution is -2.23. The van der Waals surface area contributed by atoms with Gasteiger partial charge in [-0.25, -0.2) is 0 Å². The van der Waals surface area contributed by atoms with Crippen molar-refractivity contribution in [2.75, 3.05) is 5.32 Å². The average molecular weight is 445 g/mol. The fourth-order valence-electron chi connectivity index (χ4n) is 2.60. The van der Waals surface area contributed by atoms with E-state index in [0.29, 0.717) is 27.8 Å². The van der Waals surface area contributed by atoms with Gasteiger partial charge in [0.25, 0.3) is 5.91 Å². The van der Waals surface area contributed by atoms with E-state index in [9.17, 15) is 9.59 Å². The molecule has 3 aromatic carbocycles. The molecule has 0 aromatic heterocycles. The Balaban J connectivity index is 1.78. The highest BCUT2D eigenvalue weighted by molar-refractivity contribution is 7.99. The molecule has 29 heavy (non-hydrogen) atoms. The second-order valence-electron chi connectivity index (χ2n) is 6.22. The van der Waals surface area contributed by atoms with Crippen LogP contribution in [0.2, 0.25) is 10.0 Å². The lowest BCUT2D eigenvalue weighted by Gasteiger charge is -2.13. The van der Waals surface area contributed by atoms with Crippen molar-refractivity contribution in [1.29, 1.82) is 0 Å². The van der Waals surface area contributed by atoms with Crippen molar-refractivity contribution >= 4 is 52.5 Å². The van der Waals surface area contributed by atoms with Crippen molar-refractivity contribution in [3.05, 3.63) is 87.9 Å². The van der Waals surface area contributed by atoms with E-state index in [2.05, 4.69) is 10.6 Å². The first-order chi connectivity index (χ1) is 13.9. The SMILES string of the molecule is CC(=O)Nc1cc(C(=O)NCc2ccccc2Cl)ccc1Sc1ccc(Cl)cc1. The molecule has 0 spiro atoms. The molecule has 0 aliphatic heterocycles. The molecule has 0 fully saturated rings. The largest absolute Gasteiger partial charge is 0.348 e. The van der Waals surface area contributed by atoms with Gasteiger partial charge < -0.3 is 10.6 Å². The summed E-state index contributed by atoms with van der Waals surface area (Å²) in [5, 5.41) is 6.90. The molecule has 7 heteroatoms. The van der Waals surface area contributed by atoms with Crippen LogP contribution in [0.15, 0.2) is 76.5 Å². The van der Waals surface area contributed by atoms with Crippen molar-refractivity contribution in [3.8, 4) is 0 Å². The number of carbonyl (C=O) groups is 2. The number of carbonyl (C=O) groups excluding carboxylic acids is 2. The molecule has 2 N–H and O–H groups in total. The zero-order chi connectivity index (χ0) is 20.8. The van der Waals surface area contributed by atoms with Crippen molar-refractivity contribution in [2.24, 2.45) is 0 Å². The zero-order valence-corrected chi connectivity index (χ0v) is 17.9. The Morgan fingerprint density at radius 1 is 0.966 bits per heavy atom. The summed E-state index contributed by atoms with van der Waals surface area (Å²) in [6, 6.07) is 20.0. The summed E-state index contributed by atoms with van der Waals surface area (Å²) in [6.07, 6.45) is 0. The Morgan fingerprint density at radius 3 is 2.38 bits per heavy atom. The van der Waals surface area contributed by atoms with Crippen LogP contribution < -0.4 is 10.6 Å². The quantitative estimate of drug-likeness (QED) is 0.487. The maximum Gasteiger partial charge on any atom is 0.251 e.